The summed E-state index contributed by atoms with van der Waals surface area (Å²) < 4.78 is 5.43. The van der Waals surface area contributed by atoms with Crippen molar-refractivity contribution in [1.82, 2.24) is 0 Å². The van der Waals surface area contributed by atoms with E-state index in [1.165, 1.54) is 16.3 Å². The number of rotatable bonds is 1. The molecule has 0 saturated carbocycles. The Morgan fingerprint density at radius 3 is 2.50 bits per heavy atom. The predicted molar refractivity (Wildman–Crippen MR) is 66.7 cm³/mol. The Kier molecular flexibility index (Phi) is 2.63. The number of ether oxygens (including phenoxy) is 1. The first kappa shape index (κ1) is 9.86. The van der Waals surface area contributed by atoms with Crippen LogP contribution in [0.4, 0.5) is 0 Å². The molecule has 0 radical (unpaired) electrons. The van der Waals surface area contributed by atoms with Crippen LogP contribution in [0.25, 0.3) is 10.8 Å². The first-order valence-electron chi connectivity index (χ1n) is 6.00. The predicted octanol–water partition coefficient (Wildman–Crippen LogP) is 3.73. The molecule has 1 aliphatic heterocycles. The molecule has 0 unspecified atom stereocenters. The molecule has 0 aromatic heterocycles. The summed E-state index contributed by atoms with van der Waals surface area (Å²) in [5.74, 6) is 0.680. The Morgan fingerprint density at radius 1 is 0.875 bits per heavy atom. The average Bonchev–Trinajstić information content (AvgIpc) is 2.39. The molecule has 1 saturated heterocycles. The SMILES string of the molecule is c1ccc2c(C3CCOCC3)cccc2c1. The minimum absolute atomic E-state index is 0.680. The Labute approximate surface area is 96.0 Å². The highest BCUT2D eigenvalue weighted by Gasteiger charge is 2.17. The Hall–Kier alpha value is -1.34. The van der Waals surface area contributed by atoms with Gasteiger partial charge in [0.15, 0.2) is 0 Å². The molecule has 0 aliphatic carbocycles. The van der Waals surface area contributed by atoms with E-state index in [1.807, 2.05) is 0 Å². The second-order valence-electron chi connectivity index (χ2n) is 4.46. The van der Waals surface area contributed by atoms with E-state index in [9.17, 15) is 0 Å². The first-order chi connectivity index (χ1) is 7.95. The van der Waals surface area contributed by atoms with E-state index < -0.39 is 0 Å². The molecule has 2 aromatic rings. The maximum absolute atomic E-state index is 5.43. The fourth-order valence-corrected chi connectivity index (χ4v) is 2.62. The molecule has 16 heavy (non-hydrogen) atoms. The molecule has 3 rings (SSSR count). The van der Waals surface area contributed by atoms with Gasteiger partial charge in [0.25, 0.3) is 0 Å². The smallest absolute Gasteiger partial charge is 0.0471 e. The highest BCUT2D eigenvalue weighted by Crippen LogP contribution is 2.32. The van der Waals surface area contributed by atoms with Crippen molar-refractivity contribution in [1.29, 1.82) is 0 Å². The van der Waals surface area contributed by atoms with Crippen LogP contribution in [-0.2, 0) is 4.74 Å². The van der Waals surface area contributed by atoms with Crippen LogP contribution in [0.5, 0.6) is 0 Å². The van der Waals surface area contributed by atoms with Gasteiger partial charge in [0.2, 0.25) is 0 Å². The zero-order valence-electron chi connectivity index (χ0n) is 9.36. The lowest BCUT2D eigenvalue weighted by atomic mass is 9.88. The molecule has 1 aliphatic rings. The minimum atomic E-state index is 0.680. The monoisotopic (exact) mass is 212 g/mol. The lowest BCUT2D eigenvalue weighted by Crippen LogP contribution is -2.14. The van der Waals surface area contributed by atoms with Crippen molar-refractivity contribution in [3.05, 3.63) is 48.0 Å². The Bertz CT molecular complexity index is 478. The number of hydrogen-bond donors (Lipinski definition) is 0. The molecule has 2 aromatic carbocycles. The van der Waals surface area contributed by atoms with Gasteiger partial charge in [-0.25, -0.2) is 0 Å². The molecular weight excluding hydrogens is 196 g/mol. The van der Waals surface area contributed by atoms with Crippen LogP contribution in [-0.4, -0.2) is 13.2 Å². The maximum atomic E-state index is 5.43. The van der Waals surface area contributed by atoms with E-state index in [2.05, 4.69) is 42.5 Å². The van der Waals surface area contributed by atoms with Crippen LogP contribution >= 0.6 is 0 Å². The fourth-order valence-electron chi connectivity index (χ4n) is 2.62. The summed E-state index contributed by atoms with van der Waals surface area (Å²) in [6, 6.07) is 15.3. The Morgan fingerprint density at radius 2 is 1.62 bits per heavy atom. The van der Waals surface area contributed by atoms with Crippen LogP contribution in [0.2, 0.25) is 0 Å². The molecule has 1 heterocycles. The van der Waals surface area contributed by atoms with Gasteiger partial charge in [-0.2, -0.15) is 0 Å². The maximum Gasteiger partial charge on any atom is 0.0471 e. The van der Waals surface area contributed by atoms with E-state index >= 15 is 0 Å². The molecule has 0 atom stereocenters. The summed E-state index contributed by atoms with van der Waals surface area (Å²) in [5, 5.41) is 2.77. The van der Waals surface area contributed by atoms with E-state index in [4.69, 9.17) is 4.74 Å². The highest BCUT2D eigenvalue weighted by molar-refractivity contribution is 5.86. The van der Waals surface area contributed by atoms with Crippen molar-refractivity contribution in [3.63, 3.8) is 0 Å². The molecule has 0 N–H and O–H groups in total. The summed E-state index contributed by atoms with van der Waals surface area (Å²) in [4.78, 5) is 0. The third kappa shape index (κ3) is 1.72. The molecule has 0 spiro atoms. The van der Waals surface area contributed by atoms with Gasteiger partial charge >= 0.3 is 0 Å². The Balaban J connectivity index is 2.08. The van der Waals surface area contributed by atoms with Gasteiger partial charge in [0.1, 0.15) is 0 Å². The molecule has 1 heteroatoms. The standard InChI is InChI=1S/C15H16O/c1-2-6-14-12(4-1)5-3-7-15(14)13-8-10-16-11-9-13/h1-7,13H,8-11H2. The number of hydrogen-bond acceptors (Lipinski definition) is 1. The van der Waals surface area contributed by atoms with Crippen molar-refractivity contribution < 1.29 is 4.74 Å². The third-order valence-electron chi connectivity index (χ3n) is 3.48. The summed E-state index contributed by atoms with van der Waals surface area (Å²) in [6.45, 7) is 1.82. The van der Waals surface area contributed by atoms with Gasteiger partial charge in [-0.15, -0.1) is 0 Å². The van der Waals surface area contributed by atoms with Gasteiger partial charge in [-0.05, 0) is 35.1 Å². The van der Waals surface area contributed by atoms with Crippen LogP contribution in [0.15, 0.2) is 42.5 Å². The largest absolute Gasteiger partial charge is 0.381 e. The highest BCUT2D eigenvalue weighted by atomic mass is 16.5. The zero-order valence-corrected chi connectivity index (χ0v) is 9.36. The van der Waals surface area contributed by atoms with E-state index in [-0.39, 0.29) is 0 Å². The van der Waals surface area contributed by atoms with Crippen molar-refractivity contribution in [2.45, 2.75) is 18.8 Å². The van der Waals surface area contributed by atoms with E-state index in [1.54, 1.807) is 0 Å². The van der Waals surface area contributed by atoms with Crippen LogP contribution in [0.1, 0.15) is 24.3 Å². The van der Waals surface area contributed by atoms with E-state index in [0.29, 0.717) is 5.92 Å². The third-order valence-corrected chi connectivity index (χ3v) is 3.48. The topological polar surface area (TPSA) is 9.23 Å². The van der Waals surface area contributed by atoms with Gasteiger partial charge in [-0.1, -0.05) is 42.5 Å². The second-order valence-corrected chi connectivity index (χ2v) is 4.46. The molecule has 1 nitrogen and oxygen atoms in total. The van der Waals surface area contributed by atoms with Crippen molar-refractivity contribution in [3.8, 4) is 0 Å². The molecule has 0 bridgehead atoms. The van der Waals surface area contributed by atoms with Crippen molar-refractivity contribution in [2.24, 2.45) is 0 Å². The summed E-state index contributed by atoms with van der Waals surface area (Å²) in [6.07, 6.45) is 2.32. The van der Waals surface area contributed by atoms with Crippen LogP contribution < -0.4 is 0 Å². The summed E-state index contributed by atoms with van der Waals surface area (Å²) >= 11 is 0. The summed E-state index contributed by atoms with van der Waals surface area (Å²) in [5.41, 5.74) is 1.50. The number of benzene rings is 2. The lowest BCUT2D eigenvalue weighted by molar-refractivity contribution is 0.0856. The van der Waals surface area contributed by atoms with Crippen molar-refractivity contribution >= 4 is 10.8 Å². The molecular formula is C15H16O. The zero-order chi connectivity index (χ0) is 10.8. The van der Waals surface area contributed by atoms with Gasteiger partial charge < -0.3 is 4.74 Å². The fraction of sp³-hybridized carbons (Fsp3) is 0.333. The van der Waals surface area contributed by atoms with Crippen molar-refractivity contribution in [2.75, 3.05) is 13.2 Å². The quantitative estimate of drug-likeness (QED) is 0.699. The molecule has 1 fully saturated rings. The van der Waals surface area contributed by atoms with Gasteiger partial charge in [0.05, 0.1) is 0 Å². The molecule has 0 amide bonds. The minimum Gasteiger partial charge on any atom is -0.381 e. The van der Waals surface area contributed by atoms with Crippen LogP contribution in [0, 0.1) is 0 Å². The van der Waals surface area contributed by atoms with Gasteiger partial charge in [0, 0.05) is 13.2 Å². The first-order valence-corrected chi connectivity index (χ1v) is 6.00. The average molecular weight is 212 g/mol. The van der Waals surface area contributed by atoms with E-state index in [0.717, 1.165) is 26.1 Å². The number of fused-ring (bicyclic) bond motifs is 1. The van der Waals surface area contributed by atoms with Gasteiger partial charge in [-0.3, -0.25) is 0 Å². The van der Waals surface area contributed by atoms with Crippen LogP contribution in [0.3, 0.4) is 0 Å². The summed E-state index contributed by atoms with van der Waals surface area (Å²) in [7, 11) is 0. The lowest BCUT2D eigenvalue weighted by Gasteiger charge is -2.23. The normalized spacial score (nSPS) is 17.8. The second kappa shape index (κ2) is 4.26. The molecule has 82 valence electrons.